The lowest BCUT2D eigenvalue weighted by molar-refractivity contribution is 0.0794. The first-order valence-corrected chi connectivity index (χ1v) is 11.2. The number of nitrogens with zero attached hydrogens (tertiary/aromatic N) is 3. The molecule has 8 heteroatoms. The Morgan fingerprint density at radius 1 is 1.03 bits per heavy atom. The Bertz CT molecular complexity index is 1220. The Balaban J connectivity index is 1.49. The molecule has 6 nitrogen and oxygen atoms in total. The molecule has 164 valence electrons. The van der Waals surface area contributed by atoms with Crippen molar-refractivity contribution in [1.82, 2.24) is 14.7 Å². The molecule has 5 rings (SSSR count). The van der Waals surface area contributed by atoms with Crippen LogP contribution < -0.4 is 5.32 Å². The van der Waals surface area contributed by atoms with Crippen LogP contribution in [0.25, 0.3) is 5.69 Å². The Morgan fingerprint density at radius 2 is 1.81 bits per heavy atom. The summed E-state index contributed by atoms with van der Waals surface area (Å²) in [7, 11) is 0. The average molecular weight is 453 g/mol. The third-order valence-electron chi connectivity index (χ3n) is 6.08. The van der Waals surface area contributed by atoms with Crippen LogP contribution in [0.2, 0.25) is 5.02 Å². The molecule has 1 aliphatic heterocycles. The minimum Gasteiger partial charge on any atom is -0.339 e. The van der Waals surface area contributed by atoms with E-state index in [4.69, 9.17) is 11.6 Å². The number of likely N-dealkylation sites (tertiary alicyclic amines) is 1. The van der Waals surface area contributed by atoms with Crippen molar-refractivity contribution < 1.29 is 14.0 Å². The number of benzene rings is 2. The van der Waals surface area contributed by atoms with Crippen molar-refractivity contribution >= 4 is 29.1 Å². The van der Waals surface area contributed by atoms with Crippen molar-refractivity contribution in [1.29, 1.82) is 0 Å². The molecule has 1 saturated heterocycles. The molecule has 0 spiro atoms. The molecule has 0 atom stereocenters. The predicted molar refractivity (Wildman–Crippen MR) is 120 cm³/mol. The molecule has 2 aliphatic rings. The lowest BCUT2D eigenvalue weighted by atomic mass is 10.1. The van der Waals surface area contributed by atoms with E-state index < -0.39 is 11.7 Å². The van der Waals surface area contributed by atoms with E-state index in [1.54, 1.807) is 41.3 Å². The molecule has 2 aromatic carbocycles. The molecular weight excluding hydrogens is 431 g/mol. The van der Waals surface area contributed by atoms with Crippen LogP contribution in [0.3, 0.4) is 0 Å². The molecular formula is C24H22ClFN4O2. The number of aromatic nitrogens is 2. The fraction of sp³-hybridized carbons (Fsp3) is 0.292. The van der Waals surface area contributed by atoms with Crippen LogP contribution in [0.15, 0.2) is 42.5 Å². The Kier molecular flexibility index (Phi) is 5.43. The summed E-state index contributed by atoms with van der Waals surface area (Å²) in [5, 5.41) is 7.75. The standard InChI is InChI=1S/C24H22ClFN4O2/c25-15-10-11-19(17(14-15)24(32)29-12-3-4-13-29)27-23(31)22-16-6-5-9-20(16)30(28-22)21-8-2-1-7-18(21)26/h1-2,7-8,10-11,14H,3-6,9,12-13H2,(H,27,31). The van der Waals surface area contributed by atoms with E-state index in [2.05, 4.69) is 10.4 Å². The van der Waals surface area contributed by atoms with Crippen molar-refractivity contribution in [2.45, 2.75) is 32.1 Å². The number of para-hydroxylation sites is 1. The fourth-order valence-corrected chi connectivity index (χ4v) is 4.69. The van der Waals surface area contributed by atoms with Gasteiger partial charge in [0, 0.05) is 29.4 Å². The van der Waals surface area contributed by atoms with Crippen LogP contribution >= 0.6 is 11.6 Å². The van der Waals surface area contributed by atoms with Crippen molar-refractivity contribution in [2.75, 3.05) is 18.4 Å². The highest BCUT2D eigenvalue weighted by Gasteiger charge is 2.29. The molecule has 1 N–H and O–H groups in total. The zero-order valence-electron chi connectivity index (χ0n) is 17.4. The van der Waals surface area contributed by atoms with Crippen molar-refractivity contribution in [2.24, 2.45) is 0 Å². The number of halogens is 2. The largest absolute Gasteiger partial charge is 0.339 e. The lowest BCUT2D eigenvalue weighted by Crippen LogP contribution is -2.29. The number of hydrogen-bond donors (Lipinski definition) is 1. The van der Waals surface area contributed by atoms with Gasteiger partial charge in [-0.3, -0.25) is 9.59 Å². The second-order valence-electron chi connectivity index (χ2n) is 8.13. The van der Waals surface area contributed by atoms with Crippen molar-refractivity contribution in [3.8, 4) is 5.69 Å². The summed E-state index contributed by atoms with van der Waals surface area (Å²) in [4.78, 5) is 28.0. The van der Waals surface area contributed by atoms with Gasteiger partial charge in [-0.15, -0.1) is 0 Å². The number of hydrogen-bond acceptors (Lipinski definition) is 3. The predicted octanol–water partition coefficient (Wildman–Crippen LogP) is 4.64. The van der Waals surface area contributed by atoms with Gasteiger partial charge in [0.1, 0.15) is 11.5 Å². The van der Waals surface area contributed by atoms with E-state index in [0.717, 1.165) is 36.9 Å². The molecule has 1 aromatic heterocycles. The maximum absolute atomic E-state index is 14.4. The molecule has 2 amide bonds. The molecule has 2 heterocycles. The summed E-state index contributed by atoms with van der Waals surface area (Å²) < 4.78 is 15.9. The van der Waals surface area contributed by atoms with Crippen LogP contribution in [-0.4, -0.2) is 39.6 Å². The molecule has 1 fully saturated rings. The Hall–Kier alpha value is -3.19. The molecule has 0 unspecified atom stereocenters. The van der Waals surface area contributed by atoms with Gasteiger partial charge < -0.3 is 10.2 Å². The number of anilines is 1. The van der Waals surface area contributed by atoms with E-state index in [1.807, 2.05) is 0 Å². The molecule has 0 radical (unpaired) electrons. The number of fused-ring (bicyclic) bond motifs is 1. The van der Waals surface area contributed by atoms with E-state index in [0.29, 0.717) is 41.5 Å². The topological polar surface area (TPSA) is 67.2 Å². The van der Waals surface area contributed by atoms with Gasteiger partial charge in [-0.2, -0.15) is 5.10 Å². The molecule has 1 aliphatic carbocycles. The molecule has 3 aromatic rings. The van der Waals surface area contributed by atoms with Crippen LogP contribution in [0.5, 0.6) is 0 Å². The van der Waals surface area contributed by atoms with Crippen LogP contribution in [0, 0.1) is 5.82 Å². The molecule has 0 saturated carbocycles. The van der Waals surface area contributed by atoms with E-state index in [9.17, 15) is 14.0 Å². The zero-order valence-corrected chi connectivity index (χ0v) is 18.2. The monoisotopic (exact) mass is 452 g/mol. The Labute approximate surface area is 190 Å². The maximum Gasteiger partial charge on any atom is 0.276 e. The number of carbonyl (C=O) groups is 2. The third kappa shape index (κ3) is 3.66. The second-order valence-corrected chi connectivity index (χ2v) is 8.57. The van der Waals surface area contributed by atoms with Crippen LogP contribution in [0.4, 0.5) is 10.1 Å². The smallest absolute Gasteiger partial charge is 0.276 e. The van der Waals surface area contributed by atoms with E-state index in [1.165, 1.54) is 10.7 Å². The van der Waals surface area contributed by atoms with Gasteiger partial charge in [0.25, 0.3) is 11.8 Å². The zero-order chi connectivity index (χ0) is 22.2. The highest BCUT2D eigenvalue weighted by molar-refractivity contribution is 6.31. The summed E-state index contributed by atoms with van der Waals surface area (Å²) in [6.07, 6.45) is 4.24. The maximum atomic E-state index is 14.4. The Morgan fingerprint density at radius 3 is 2.59 bits per heavy atom. The minimum absolute atomic E-state index is 0.151. The molecule has 0 bridgehead atoms. The summed E-state index contributed by atoms with van der Waals surface area (Å²) in [6, 6.07) is 11.2. The molecule has 32 heavy (non-hydrogen) atoms. The van der Waals surface area contributed by atoms with Gasteiger partial charge >= 0.3 is 0 Å². The number of rotatable bonds is 4. The van der Waals surface area contributed by atoms with Gasteiger partial charge in [-0.1, -0.05) is 23.7 Å². The minimum atomic E-state index is -0.420. The summed E-state index contributed by atoms with van der Waals surface area (Å²) >= 11 is 6.15. The fourth-order valence-electron chi connectivity index (χ4n) is 4.52. The van der Waals surface area contributed by atoms with Gasteiger partial charge in [0.05, 0.1) is 11.3 Å². The van der Waals surface area contributed by atoms with Gasteiger partial charge in [-0.05, 0) is 62.4 Å². The summed E-state index contributed by atoms with van der Waals surface area (Å²) in [5.41, 5.74) is 3.01. The van der Waals surface area contributed by atoms with Gasteiger partial charge in [0.15, 0.2) is 5.69 Å². The summed E-state index contributed by atoms with van der Waals surface area (Å²) in [6.45, 7) is 1.39. The SMILES string of the molecule is O=C(Nc1ccc(Cl)cc1C(=O)N1CCCC1)c1nn(-c2ccccc2F)c2c1CCC2. The van der Waals surface area contributed by atoms with Crippen molar-refractivity contribution in [3.63, 3.8) is 0 Å². The van der Waals surface area contributed by atoms with Gasteiger partial charge in [0.2, 0.25) is 0 Å². The van der Waals surface area contributed by atoms with Crippen LogP contribution in [0.1, 0.15) is 51.4 Å². The normalized spacial score (nSPS) is 15.1. The highest BCUT2D eigenvalue weighted by atomic mass is 35.5. The van der Waals surface area contributed by atoms with E-state index >= 15 is 0 Å². The van der Waals surface area contributed by atoms with E-state index in [-0.39, 0.29) is 11.6 Å². The quantitative estimate of drug-likeness (QED) is 0.627. The number of amides is 2. The third-order valence-corrected chi connectivity index (χ3v) is 6.31. The number of carbonyl (C=O) groups excluding carboxylic acids is 2. The average Bonchev–Trinajstić information content (AvgIpc) is 3.53. The first-order chi connectivity index (χ1) is 15.5. The lowest BCUT2D eigenvalue weighted by Gasteiger charge is -2.18. The highest BCUT2D eigenvalue weighted by Crippen LogP contribution is 2.30. The van der Waals surface area contributed by atoms with Gasteiger partial charge in [-0.25, -0.2) is 9.07 Å². The van der Waals surface area contributed by atoms with Crippen molar-refractivity contribution in [3.05, 3.63) is 75.8 Å². The summed E-state index contributed by atoms with van der Waals surface area (Å²) in [5.74, 6) is -0.966. The number of nitrogens with one attached hydrogen (secondary N) is 1. The first kappa shape index (κ1) is 20.7. The first-order valence-electron chi connectivity index (χ1n) is 10.8. The van der Waals surface area contributed by atoms with Crippen LogP contribution in [-0.2, 0) is 12.8 Å². The second kappa shape index (κ2) is 8.39.